The van der Waals surface area contributed by atoms with Crippen molar-refractivity contribution in [1.82, 2.24) is 0 Å². The zero-order valence-corrected chi connectivity index (χ0v) is 14.1. The molecule has 1 aromatic rings. The van der Waals surface area contributed by atoms with Gasteiger partial charge in [-0.1, -0.05) is 30.3 Å². The smallest absolute Gasteiger partial charge is 0.0866 e. The molecule has 1 unspecified atom stereocenters. The number of hydrogen-bond acceptors (Lipinski definition) is 2. The SMILES string of the molecule is CC(CCCS[SiH2]CCCl)OCc1ccccc1. The van der Waals surface area contributed by atoms with Gasteiger partial charge in [-0.25, -0.2) is 0 Å². The van der Waals surface area contributed by atoms with Crippen LogP contribution < -0.4 is 0 Å². The van der Waals surface area contributed by atoms with E-state index in [1.54, 1.807) is 0 Å². The summed E-state index contributed by atoms with van der Waals surface area (Å²) in [6, 6.07) is 11.6. The summed E-state index contributed by atoms with van der Waals surface area (Å²) >= 11 is 7.80. The minimum Gasteiger partial charge on any atom is -0.374 e. The standard InChI is InChI=1S/C14H23ClOSSi/c1-13(6-5-10-17-18-11-9-15)16-12-14-7-3-2-4-8-14/h2-4,7-8,13H,5-6,9-12,18H2,1H3. The maximum atomic E-state index is 5.84. The molecule has 0 aliphatic heterocycles. The van der Waals surface area contributed by atoms with Gasteiger partial charge in [0, 0.05) is 5.88 Å². The van der Waals surface area contributed by atoms with Gasteiger partial charge in [-0.3, -0.25) is 0 Å². The molecule has 1 rings (SSSR count). The first-order valence-corrected chi connectivity index (χ1v) is 11.0. The van der Waals surface area contributed by atoms with E-state index in [0.29, 0.717) is 6.10 Å². The summed E-state index contributed by atoms with van der Waals surface area (Å²) in [5.41, 5.74) is 1.26. The van der Waals surface area contributed by atoms with E-state index in [-0.39, 0.29) is 8.67 Å². The van der Waals surface area contributed by atoms with Crippen molar-refractivity contribution in [2.45, 2.75) is 38.5 Å². The second-order valence-corrected chi connectivity index (χ2v) is 9.16. The van der Waals surface area contributed by atoms with Crippen LogP contribution in [0.1, 0.15) is 25.3 Å². The highest BCUT2D eigenvalue weighted by Gasteiger charge is 2.02. The van der Waals surface area contributed by atoms with Crippen LogP contribution in [0.25, 0.3) is 0 Å². The van der Waals surface area contributed by atoms with Gasteiger partial charge in [0.2, 0.25) is 0 Å². The van der Waals surface area contributed by atoms with E-state index in [0.717, 1.165) is 18.9 Å². The average molecular weight is 303 g/mol. The Labute approximate surface area is 122 Å². The fourth-order valence-electron chi connectivity index (χ4n) is 1.63. The van der Waals surface area contributed by atoms with Gasteiger partial charge in [0.25, 0.3) is 0 Å². The Morgan fingerprint density at radius 3 is 2.83 bits per heavy atom. The number of alkyl halides is 1. The molecule has 1 nitrogen and oxygen atoms in total. The summed E-state index contributed by atoms with van der Waals surface area (Å²) in [6.07, 6.45) is 2.78. The number of benzene rings is 1. The highest BCUT2D eigenvalue weighted by molar-refractivity contribution is 8.22. The highest BCUT2D eigenvalue weighted by atomic mass is 35.5. The van der Waals surface area contributed by atoms with Gasteiger partial charge in [0.05, 0.1) is 21.4 Å². The van der Waals surface area contributed by atoms with Crippen molar-refractivity contribution < 1.29 is 4.74 Å². The number of halogens is 1. The molecule has 0 aliphatic rings. The molecular formula is C14H23ClOSSi. The van der Waals surface area contributed by atoms with E-state index < -0.39 is 0 Å². The molecular weight excluding hydrogens is 280 g/mol. The second kappa shape index (κ2) is 10.9. The van der Waals surface area contributed by atoms with Crippen LogP contribution in [0.2, 0.25) is 6.04 Å². The summed E-state index contributed by atoms with van der Waals surface area (Å²) in [6.45, 7) is 2.90. The number of ether oxygens (including phenoxy) is 1. The van der Waals surface area contributed by atoms with Crippen LogP contribution in [0.15, 0.2) is 30.3 Å². The zero-order valence-electron chi connectivity index (χ0n) is 11.1. The normalized spacial score (nSPS) is 13.2. The fraction of sp³-hybridized carbons (Fsp3) is 0.571. The molecule has 0 heterocycles. The third kappa shape index (κ3) is 8.19. The predicted octanol–water partition coefficient (Wildman–Crippen LogP) is 3.85. The van der Waals surface area contributed by atoms with E-state index in [9.17, 15) is 0 Å². The molecule has 0 amide bonds. The Hall–Kier alpha value is 0.0369. The van der Waals surface area contributed by atoms with Gasteiger partial charge in [-0.15, -0.1) is 11.6 Å². The van der Waals surface area contributed by atoms with Crippen LogP contribution in [-0.4, -0.2) is 26.4 Å². The molecule has 0 aliphatic carbocycles. The molecule has 0 radical (unpaired) electrons. The topological polar surface area (TPSA) is 9.23 Å². The first-order valence-electron chi connectivity index (χ1n) is 6.62. The van der Waals surface area contributed by atoms with Crippen LogP contribution in [-0.2, 0) is 11.3 Å². The van der Waals surface area contributed by atoms with E-state index in [1.807, 2.05) is 6.07 Å². The molecule has 0 bridgehead atoms. The third-order valence-electron chi connectivity index (χ3n) is 2.70. The largest absolute Gasteiger partial charge is 0.374 e. The van der Waals surface area contributed by atoms with Crippen molar-refractivity contribution in [1.29, 1.82) is 0 Å². The minimum atomic E-state index is 0.0570. The molecule has 4 heteroatoms. The summed E-state index contributed by atoms with van der Waals surface area (Å²) in [4.78, 5) is 0. The van der Waals surface area contributed by atoms with Gasteiger partial charge < -0.3 is 4.74 Å². The Balaban J connectivity index is 1.99. The Bertz CT molecular complexity index is 297. The average Bonchev–Trinajstić information content (AvgIpc) is 2.41. The van der Waals surface area contributed by atoms with Crippen LogP contribution in [0.5, 0.6) is 0 Å². The molecule has 0 spiro atoms. The van der Waals surface area contributed by atoms with Gasteiger partial charge in [-0.2, -0.15) is 11.2 Å². The Morgan fingerprint density at radius 1 is 1.33 bits per heavy atom. The molecule has 1 aromatic carbocycles. The van der Waals surface area contributed by atoms with Gasteiger partial charge >= 0.3 is 0 Å². The van der Waals surface area contributed by atoms with Crippen molar-refractivity contribution in [3.8, 4) is 0 Å². The number of rotatable bonds is 10. The van der Waals surface area contributed by atoms with Gasteiger partial charge in [-0.05, 0) is 37.1 Å². The molecule has 0 saturated carbocycles. The molecule has 102 valence electrons. The molecule has 1 atom stereocenters. The second-order valence-electron chi connectivity index (χ2n) is 4.40. The lowest BCUT2D eigenvalue weighted by Gasteiger charge is -2.12. The first-order chi connectivity index (χ1) is 8.83. The Kier molecular flexibility index (Phi) is 9.76. The quantitative estimate of drug-likeness (QED) is 0.369. The highest BCUT2D eigenvalue weighted by Crippen LogP contribution is 2.10. The zero-order chi connectivity index (χ0) is 13.1. The van der Waals surface area contributed by atoms with E-state index in [2.05, 4.69) is 42.4 Å². The molecule has 0 saturated heterocycles. The molecule has 0 fully saturated rings. The van der Waals surface area contributed by atoms with E-state index in [1.165, 1.54) is 23.8 Å². The van der Waals surface area contributed by atoms with Crippen molar-refractivity contribution in [2.75, 3.05) is 11.6 Å². The van der Waals surface area contributed by atoms with Crippen LogP contribution in [0.3, 0.4) is 0 Å². The summed E-state index contributed by atoms with van der Waals surface area (Å²) < 4.78 is 5.84. The maximum Gasteiger partial charge on any atom is 0.0866 e. The summed E-state index contributed by atoms with van der Waals surface area (Å²) in [5, 5.41) is 0. The molecule has 18 heavy (non-hydrogen) atoms. The summed E-state index contributed by atoms with van der Waals surface area (Å²) in [5.74, 6) is 2.12. The van der Waals surface area contributed by atoms with E-state index in [4.69, 9.17) is 16.3 Å². The van der Waals surface area contributed by atoms with Crippen LogP contribution in [0, 0.1) is 0 Å². The number of hydrogen-bond donors (Lipinski definition) is 0. The van der Waals surface area contributed by atoms with Gasteiger partial charge in [0.15, 0.2) is 0 Å². The minimum absolute atomic E-state index is 0.0570. The van der Waals surface area contributed by atoms with Crippen LogP contribution in [0.4, 0.5) is 0 Å². The van der Waals surface area contributed by atoms with Gasteiger partial charge in [0.1, 0.15) is 0 Å². The lowest BCUT2D eigenvalue weighted by atomic mass is 10.2. The lowest BCUT2D eigenvalue weighted by Crippen LogP contribution is -2.08. The predicted molar refractivity (Wildman–Crippen MR) is 86.5 cm³/mol. The third-order valence-corrected chi connectivity index (χ3v) is 7.52. The lowest BCUT2D eigenvalue weighted by molar-refractivity contribution is 0.0474. The van der Waals surface area contributed by atoms with Crippen molar-refractivity contribution in [3.63, 3.8) is 0 Å². The van der Waals surface area contributed by atoms with Crippen molar-refractivity contribution >= 4 is 31.5 Å². The monoisotopic (exact) mass is 302 g/mol. The summed E-state index contributed by atoms with van der Waals surface area (Å²) in [7, 11) is 0.0570. The molecule has 0 aromatic heterocycles. The van der Waals surface area contributed by atoms with Crippen molar-refractivity contribution in [2.24, 2.45) is 0 Å². The maximum absolute atomic E-state index is 5.84. The first kappa shape index (κ1) is 16.1. The van der Waals surface area contributed by atoms with Crippen molar-refractivity contribution in [3.05, 3.63) is 35.9 Å². The molecule has 0 N–H and O–H groups in total. The van der Waals surface area contributed by atoms with Crippen LogP contribution >= 0.6 is 22.8 Å². The van der Waals surface area contributed by atoms with E-state index >= 15 is 0 Å². The Morgan fingerprint density at radius 2 is 2.11 bits per heavy atom. The fourth-order valence-corrected chi connectivity index (χ4v) is 5.66.